The van der Waals surface area contributed by atoms with Gasteiger partial charge in [-0.05, 0) is 25.0 Å². The van der Waals surface area contributed by atoms with Crippen molar-refractivity contribution in [2.45, 2.75) is 20.3 Å². The molecule has 0 saturated heterocycles. The molecule has 0 aromatic carbocycles. The number of carbonyl (C=O) groups excluding carboxylic acids is 3. The molecule has 0 unspecified atom stereocenters. The largest absolute Gasteiger partial charge is 0.462 e. The number of esters is 1. The molecule has 8 nitrogen and oxygen atoms in total. The average Bonchev–Trinajstić information content (AvgIpc) is 3.15. The minimum absolute atomic E-state index is 0.206. The van der Waals surface area contributed by atoms with Crippen LogP contribution in [0, 0.1) is 6.92 Å². The van der Waals surface area contributed by atoms with Crippen molar-refractivity contribution >= 4 is 34.1 Å². The van der Waals surface area contributed by atoms with Gasteiger partial charge in [-0.2, -0.15) is 5.10 Å². The Bertz CT molecular complexity index is 838. The molecular weight excluding hydrogens is 356 g/mol. The van der Waals surface area contributed by atoms with Crippen LogP contribution in [0.3, 0.4) is 0 Å². The first-order chi connectivity index (χ1) is 12.3. The van der Waals surface area contributed by atoms with E-state index in [-0.39, 0.29) is 28.8 Å². The number of amides is 2. The summed E-state index contributed by atoms with van der Waals surface area (Å²) in [4.78, 5) is 39.1. The van der Waals surface area contributed by atoms with Crippen molar-refractivity contribution < 1.29 is 19.1 Å². The quantitative estimate of drug-likeness (QED) is 0.779. The van der Waals surface area contributed by atoms with Crippen LogP contribution in [-0.2, 0) is 11.8 Å². The third kappa shape index (κ3) is 4.10. The van der Waals surface area contributed by atoms with Crippen LogP contribution in [0.1, 0.15) is 49.4 Å². The Kier molecular flexibility index (Phi) is 6.14. The van der Waals surface area contributed by atoms with Gasteiger partial charge >= 0.3 is 5.97 Å². The van der Waals surface area contributed by atoms with E-state index in [9.17, 15) is 14.4 Å². The molecule has 0 fully saturated rings. The molecule has 1 N–H and O–H groups in total. The summed E-state index contributed by atoms with van der Waals surface area (Å²) >= 11 is 1.06. The number of nitrogens with one attached hydrogen (secondary N) is 1. The van der Waals surface area contributed by atoms with Crippen molar-refractivity contribution in [1.29, 1.82) is 0 Å². The van der Waals surface area contributed by atoms with E-state index in [2.05, 4.69) is 10.4 Å². The highest BCUT2D eigenvalue weighted by molar-refractivity contribution is 7.18. The standard InChI is InChI=1S/C17H22N4O4S/c1-6-9-25-17(24)12-10(2)13(16(23)20(3)4)26-15(12)18-14(22)11-7-8-21(5)19-11/h7-8H,6,9H2,1-5H3,(H,18,22). The second-order valence-electron chi connectivity index (χ2n) is 5.92. The fraction of sp³-hybridized carbons (Fsp3) is 0.412. The molecule has 0 radical (unpaired) electrons. The van der Waals surface area contributed by atoms with Crippen LogP contribution in [-0.4, -0.2) is 53.2 Å². The van der Waals surface area contributed by atoms with E-state index in [1.807, 2.05) is 6.92 Å². The van der Waals surface area contributed by atoms with E-state index < -0.39 is 11.9 Å². The summed E-state index contributed by atoms with van der Waals surface area (Å²) < 4.78 is 6.72. The minimum Gasteiger partial charge on any atom is -0.462 e. The first kappa shape index (κ1) is 19.6. The summed E-state index contributed by atoms with van der Waals surface area (Å²) in [6, 6.07) is 1.57. The molecule has 0 aliphatic rings. The summed E-state index contributed by atoms with van der Waals surface area (Å²) in [5.41, 5.74) is 0.913. The van der Waals surface area contributed by atoms with Crippen LogP contribution >= 0.6 is 11.3 Å². The van der Waals surface area contributed by atoms with Crippen molar-refractivity contribution in [3.05, 3.63) is 34.0 Å². The van der Waals surface area contributed by atoms with Crippen LogP contribution < -0.4 is 5.32 Å². The number of thiophene rings is 1. The fourth-order valence-electron chi connectivity index (χ4n) is 2.22. The Hall–Kier alpha value is -2.68. The Morgan fingerprint density at radius 3 is 2.58 bits per heavy atom. The Balaban J connectivity index is 2.41. The number of carbonyl (C=O) groups is 3. The average molecular weight is 378 g/mol. The molecule has 0 saturated carbocycles. The third-order valence-corrected chi connectivity index (χ3v) is 4.76. The maximum Gasteiger partial charge on any atom is 0.341 e. The number of nitrogens with zero attached hydrogens (tertiary/aromatic N) is 3. The molecule has 2 heterocycles. The lowest BCUT2D eigenvalue weighted by Crippen LogP contribution is -2.21. The molecule has 26 heavy (non-hydrogen) atoms. The van der Waals surface area contributed by atoms with Crippen molar-refractivity contribution in [1.82, 2.24) is 14.7 Å². The number of hydrogen-bond donors (Lipinski definition) is 1. The lowest BCUT2D eigenvalue weighted by Gasteiger charge is -2.09. The summed E-state index contributed by atoms with van der Waals surface area (Å²) in [6.45, 7) is 3.82. The molecular formula is C17H22N4O4S. The normalized spacial score (nSPS) is 10.5. The first-order valence-corrected chi connectivity index (χ1v) is 8.91. The van der Waals surface area contributed by atoms with E-state index >= 15 is 0 Å². The van der Waals surface area contributed by atoms with Gasteiger partial charge in [0.25, 0.3) is 11.8 Å². The molecule has 0 bridgehead atoms. The highest BCUT2D eigenvalue weighted by atomic mass is 32.1. The van der Waals surface area contributed by atoms with Gasteiger partial charge in [-0.25, -0.2) is 4.79 Å². The number of ether oxygens (including phenoxy) is 1. The SMILES string of the molecule is CCCOC(=O)c1c(NC(=O)c2ccn(C)n2)sc(C(=O)N(C)C)c1C. The number of aryl methyl sites for hydroxylation is 1. The van der Waals surface area contributed by atoms with Gasteiger partial charge in [0.05, 0.1) is 17.0 Å². The second-order valence-corrected chi connectivity index (χ2v) is 6.95. The van der Waals surface area contributed by atoms with E-state index in [0.717, 1.165) is 11.3 Å². The van der Waals surface area contributed by atoms with Crippen LogP contribution in [0.5, 0.6) is 0 Å². The van der Waals surface area contributed by atoms with Crippen molar-refractivity contribution in [2.24, 2.45) is 7.05 Å². The Labute approximate surface area is 155 Å². The van der Waals surface area contributed by atoms with Gasteiger partial charge in [0.2, 0.25) is 0 Å². The van der Waals surface area contributed by atoms with Gasteiger partial charge in [-0.15, -0.1) is 11.3 Å². The number of aromatic nitrogens is 2. The monoisotopic (exact) mass is 378 g/mol. The molecule has 140 valence electrons. The van der Waals surface area contributed by atoms with Gasteiger partial charge in [-0.3, -0.25) is 14.3 Å². The van der Waals surface area contributed by atoms with E-state index in [1.165, 1.54) is 9.58 Å². The van der Waals surface area contributed by atoms with Crippen LogP contribution in [0.25, 0.3) is 0 Å². The lowest BCUT2D eigenvalue weighted by molar-refractivity contribution is 0.0506. The molecule has 0 atom stereocenters. The maximum atomic E-state index is 12.5. The molecule has 2 rings (SSSR count). The van der Waals surface area contributed by atoms with Crippen LogP contribution in [0.4, 0.5) is 5.00 Å². The molecule has 0 aliphatic heterocycles. The first-order valence-electron chi connectivity index (χ1n) is 8.09. The fourth-order valence-corrected chi connectivity index (χ4v) is 3.44. The van der Waals surface area contributed by atoms with Crippen LogP contribution in [0.15, 0.2) is 12.3 Å². The van der Waals surface area contributed by atoms with E-state index in [0.29, 0.717) is 16.9 Å². The third-order valence-electron chi connectivity index (χ3n) is 3.56. The summed E-state index contributed by atoms with van der Waals surface area (Å²) in [6.07, 6.45) is 2.32. The molecule has 2 amide bonds. The highest BCUT2D eigenvalue weighted by Crippen LogP contribution is 2.34. The molecule has 9 heteroatoms. The smallest absolute Gasteiger partial charge is 0.341 e. The van der Waals surface area contributed by atoms with E-state index in [4.69, 9.17) is 4.74 Å². The van der Waals surface area contributed by atoms with Gasteiger partial charge in [0.1, 0.15) is 5.00 Å². The zero-order valence-corrected chi connectivity index (χ0v) is 16.3. The number of rotatable bonds is 6. The molecule has 0 aliphatic carbocycles. The molecule has 2 aromatic rings. The van der Waals surface area contributed by atoms with Gasteiger partial charge in [0.15, 0.2) is 5.69 Å². The number of anilines is 1. The topological polar surface area (TPSA) is 93.5 Å². The van der Waals surface area contributed by atoms with Crippen molar-refractivity contribution in [2.75, 3.05) is 26.0 Å². The van der Waals surface area contributed by atoms with Gasteiger partial charge in [-0.1, -0.05) is 6.92 Å². The van der Waals surface area contributed by atoms with Gasteiger partial charge in [0, 0.05) is 27.3 Å². The number of hydrogen-bond acceptors (Lipinski definition) is 6. The Morgan fingerprint density at radius 1 is 1.35 bits per heavy atom. The van der Waals surface area contributed by atoms with Gasteiger partial charge < -0.3 is 15.0 Å². The molecule has 2 aromatic heterocycles. The summed E-state index contributed by atoms with van der Waals surface area (Å²) in [5, 5.41) is 7.01. The maximum absolute atomic E-state index is 12.5. The highest BCUT2D eigenvalue weighted by Gasteiger charge is 2.27. The predicted molar refractivity (Wildman–Crippen MR) is 98.8 cm³/mol. The zero-order chi connectivity index (χ0) is 19.4. The van der Waals surface area contributed by atoms with E-state index in [1.54, 1.807) is 40.3 Å². The zero-order valence-electron chi connectivity index (χ0n) is 15.5. The second kappa shape index (κ2) is 8.13. The predicted octanol–water partition coefficient (Wildman–Crippen LogP) is 2.31. The molecule has 0 spiro atoms. The summed E-state index contributed by atoms with van der Waals surface area (Å²) in [7, 11) is 4.96. The van der Waals surface area contributed by atoms with Crippen molar-refractivity contribution in [3.8, 4) is 0 Å². The minimum atomic E-state index is -0.560. The summed E-state index contributed by atoms with van der Waals surface area (Å²) in [5.74, 6) is -1.26. The van der Waals surface area contributed by atoms with Crippen LogP contribution in [0.2, 0.25) is 0 Å². The van der Waals surface area contributed by atoms with Crippen molar-refractivity contribution in [3.63, 3.8) is 0 Å². The lowest BCUT2D eigenvalue weighted by atomic mass is 10.1. The Morgan fingerprint density at radius 2 is 2.04 bits per heavy atom.